The van der Waals surface area contributed by atoms with Gasteiger partial charge in [-0.15, -0.1) is 22.7 Å². The fraction of sp³-hybridized carbons (Fsp3) is 0.0196. The molecule has 0 bridgehead atoms. The van der Waals surface area contributed by atoms with Gasteiger partial charge in [-0.1, -0.05) is 121 Å². The molecular formula is C51H31NOS2Si. The molecule has 2 aromatic heterocycles. The quantitative estimate of drug-likeness (QED) is 0.167. The van der Waals surface area contributed by atoms with Crippen molar-refractivity contribution in [3.63, 3.8) is 0 Å². The van der Waals surface area contributed by atoms with Gasteiger partial charge in [-0.05, 0) is 116 Å². The third-order valence-electron chi connectivity index (χ3n) is 11.6. The van der Waals surface area contributed by atoms with Crippen LogP contribution in [0, 0.1) is 0 Å². The average Bonchev–Trinajstić information content (AvgIpc) is 3.97. The first kappa shape index (κ1) is 32.0. The van der Waals surface area contributed by atoms with Gasteiger partial charge in [0.05, 0.1) is 24.8 Å². The molecule has 0 atom stereocenters. The van der Waals surface area contributed by atoms with Gasteiger partial charge in [-0.2, -0.15) is 0 Å². The van der Waals surface area contributed by atoms with Crippen molar-refractivity contribution in [3.8, 4) is 65.5 Å². The first-order chi connectivity index (χ1) is 27.7. The number of ether oxygens (including phenoxy) is 1. The maximum absolute atomic E-state index is 6.59. The molecule has 0 saturated heterocycles. The molecule has 2 nitrogen and oxygen atoms in total. The second-order valence-electron chi connectivity index (χ2n) is 14.7. The highest BCUT2D eigenvalue weighted by Crippen LogP contribution is 2.62. The van der Waals surface area contributed by atoms with E-state index in [0.29, 0.717) is 0 Å². The fourth-order valence-electron chi connectivity index (χ4n) is 9.09. The number of fused-ring (bicyclic) bond motifs is 11. The van der Waals surface area contributed by atoms with E-state index in [9.17, 15) is 0 Å². The zero-order valence-electron chi connectivity index (χ0n) is 30.1. The Balaban J connectivity index is 1.04. The zero-order valence-corrected chi connectivity index (χ0v) is 32.9. The largest absolute Gasteiger partial charge is 0.457 e. The number of hydrogen-bond donors (Lipinski definition) is 0. The summed E-state index contributed by atoms with van der Waals surface area (Å²) in [7, 11) is 0.0263. The Morgan fingerprint density at radius 3 is 1.84 bits per heavy atom. The lowest BCUT2D eigenvalue weighted by atomic mass is 9.66. The van der Waals surface area contributed by atoms with Crippen LogP contribution in [-0.2, 0) is 5.41 Å². The number of para-hydroxylation sites is 3. The molecule has 1 aliphatic heterocycles. The lowest BCUT2D eigenvalue weighted by Gasteiger charge is -2.39. The number of nitrogens with zero attached hydrogens (tertiary/aromatic N) is 1. The maximum atomic E-state index is 6.59. The molecule has 0 unspecified atom stereocenters. The normalized spacial score (nSPS) is 13.3. The molecule has 0 N–H and O–H groups in total. The van der Waals surface area contributed by atoms with E-state index >= 15 is 0 Å². The Morgan fingerprint density at radius 2 is 1.04 bits per heavy atom. The SMILES string of the molecule is c1cc(-c2cc(-c3nc4ccccc4s3)cc(-c3[siH]c4ccccc4s3)c2)cc(-c2ccc3c(c2)C2(c4ccccc4Oc4ccccc42)c2ccccc2-3)c1. The monoisotopic (exact) mass is 765 g/mol. The predicted molar refractivity (Wildman–Crippen MR) is 237 cm³/mol. The molecule has 0 amide bonds. The number of rotatable bonds is 4. The number of thiazole rings is 1. The lowest BCUT2D eigenvalue weighted by molar-refractivity contribution is 0.436. The number of aromatic nitrogens is 1. The van der Waals surface area contributed by atoms with Gasteiger partial charge >= 0.3 is 0 Å². The molecule has 2 aliphatic rings. The van der Waals surface area contributed by atoms with Crippen molar-refractivity contribution >= 4 is 51.7 Å². The Labute approximate surface area is 334 Å². The summed E-state index contributed by atoms with van der Waals surface area (Å²) in [4.78, 5) is 6.59. The summed E-state index contributed by atoms with van der Waals surface area (Å²) in [5, 5.41) is 1.06. The topological polar surface area (TPSA) is 22.1 Å². The first-order valence-electron chi connectivity index (χ1n) is 18.9. The van der Waals surface area contributed by atoms with Crippen LogP contribution in [0.2, 0.25) is 0 Å². The van der Waals surface area contributed by atoms with Crippen molar-refractivity contribution in [2.24, 2.45) is 0 Å². The second kappa shape index (κ2) is 12.4. The molecule has 1 aliphatic carbocycles. The van der Waals surface area contributed by atoms with Crippen LogP contribution in [-0.4, -0.2) is 14.1 Å². The van der Waals surface area contributed by atoms with E-state index in [-0.39, 0.29) is 9.12 Å². The van der Waals surface area contributed by atoms with E-state index < -0.39 is 5.41 Å². The summed E-state index contributed by atoms with van der Waals surface area (Å²) in [5.74, 6) is 1.82. The van der Waals surface area contributed by atoms with Crippen LogP contribution in [0.4, 0.5) is 0 Å². The van der Waals surface area contributed by atoms with E-state index in [1.165, 1.54) is 85.6 Å². The highest BCUT2D eigenvalue weighted by molar-refractivity contribution is 7.27. The third-order valence-corrected chi connectivity index (χ3v) is 16.0. The average molecular weight is 766 g/mol. The smallest absolute Gasteiger partial charge is 0.132 e. The van der Waals surface area contributed by atoms with E-state index in [2.05, 4.69) is 182 Å². The van der Waals surface area contributed by atoms with Crippen molar-refractivity contribution in [2.75, 3.05) is 0 Å². The maximum Gasteiger partial charge on any atom is 0.132 e. The fourth-order valence-corrected chi connectivity index (χ4v) is 13.3. The van der Waals surface area contributed by atoms with Crippen molar-refractivity contribution in [2.45, 2.75) is 5.41 Å². The highest BCUT2D eigenvalue weighted by atomic mass is 32.1. The Hall–Kier alpha value is -6.24. The minimum absolute atomic E-state index is 0.0263. The van der Waals surface area contributed by atoms with Crippen LogP contribution in [0.1, 0.15) is 22.3 Å². The van der Waals surface area contributed by atoms with E-state index in [0.717, 1.165) is 22.0 Å². The van der Waals surface area contributed by atoms with Crippen LogP contribution in [0.25, 0.3) is 73.9 Å². The minimum Gasteiger partial charge on any atom is -0.457 e. The number of benzene rings is 8. The predicted octanol–water partition coefficient (Wildman–Crippen LogP) is 13.7. The van der Waals surface area contributed by atoms with Crippen LogP contribution >= 0.6 is 22.7 Å². The summed E-state index contributed by atoms with van der Waals surface area (Å²) < 4.78 is 10.7. The van der Waals surface area contributed by atoms with Gasteiger partial charge in [0.25, 0.3) is 0 Å². The summed E-state index contributed by atoms with van der Waals surface area (Å²) in [6, 6.07) is 66.7. The first-order valence-corrected chi connectivity index (χ1v) is 21.7. The lowest BCUT2D eigenvalue weighted by Crippen LogP contribution is -2.32. The van der Waals surface area contributed by atoms with Crippen LogP contribution in [0.3, 0.4) is 0 Å². The molecular weight excluding hydrogens is 735 g/mol. The van der Waals surface area contributed by atoms with Gasteiger partial charge < -0.3 is 4.74 Å². The molecule has 0 fully saturated rings. The van der Waals surface area contributed by atoms with Crippen LogP contribution in [0.5, 0.6) is 11.5 Å². The van der Waals surface area contributed by atoms with Gasteiger partial charge in [0.2, 0.25) is 0 Å². The summed E-state index contributed by atoms with van der Waals surface area (Å²) in [6.07, 6.45) is 0. The molecule has 0 radical (unpaired) electrons. The van der Waals surface area contributed by atoms with Gasteiger partial charge in [0, 0.05) is 25.9 Å². The molecule has 262 valence electrons. The van der Waals surface area contributed by atoms with Crippen molar-refractivity contribution in [3.05, 3.63) is 204 Å². The van der Waals surface area contributed by atoms with Gasteiger partial charge in [0.1, 0.15) is 16.5 Å². The summed E-state index contributed by atoms with van der Waals surface area (Å²) in [6.45, 7) is 0. The zero-order chi connectivity index (χ0) is 36.8. The van der Waals surface area contributed by atoms with Gasteiger partial charge in [0.15, 0.2) is 0 Å². The van der Waals surface area contributed by atoms with E-state index in [1.54, 1.807) is 11.3 Å². The Kier molecular flexibility index (Phi) is 7.09. The molecule has 0 saturated carbocycles. The van der Waals surface area contributed by atoms with Gasteiger partial charge in [-0.25, -0.2) is 4.98 Å². The minimum atomic E-state index is -0.498. The second-order valence-corrected chi connectivity index (χ2v) is 18.7. The van der Waals surface area contributed by atoms with Crippen molar-refractivity contribution in [1.29, 1.82) is 0 Å². The molecule has 5 heteroatoms. The van der Waals surface area contributed by atoms with Crippen LogP contribution < -0.4 is 4.74 Å². The van der Waals surface area contributed by atoms with E-state index in [4.69, 9.17) is 9.72 Å². The Bertz CT molecular complexity index is 3010. The third kappa shape index (κ3) is 4.78. The number of hydrogen-bond acceptors (Lipinski definition) is 4. The van der Waals surface area contributed by atoms with E-state index in [1.807, 2.05) is 11.3 Å². The molecule has 12 rings (SSSR count). The van der Waals surface area contributed by atoms with Crippen molar-refractivity contribution in [1.82, 2.24) is 4.98 Å². The van der Waals surface area contributed by atoms with Gasteiger partial charge in [-0.3, -0.25) is 0 Å². The molecule has 10 aromatic rings. The molecule has 8 aromatic carbocycles. The summed E-state index contributed by atoms with van der Waals surface area (Å²) in [5.41, 5.74) is 15.3. The summed E-state index contributed by atoms with van der Waals surface area (Å²) >= 11 is 3.71. The highest BCUT2D eigenvalue weighted by Gasteiger charge is 2.51. The standard InChI is InChI=1S/C51H31NOS2Si/c1-2-15-39-37(14-1)38-25-24-33(30-42(38)51(39)40-16-3-6-19-44(40)53-45-20-7-4-17-41(45)51)31-12-11-13-32(26-31)34-27-35(49-52-43-18-5-8-21-46(43)54-49)29-36(28-34)50-55-47-22-9-10-23-48(47)56-50/h1-30,56H. The Morgan fingerprint density at radius 1 is 0.429 bits per heavy atom. The molecule has 1 spiro atoms. The van der Waals surface area contributed by atoms with Crippen LogP contribution in [0.15, 0.2) is 182 Å². The molecule has 56 heavy (non-hydrogen) atoms. The molecule has 3 heterocycles. The van der Waals surface area contributed by atoms with Crippen molar-refractivity contribution < 1.29 is 4.74 Å².